The minimum Gasteiger partial charge on any atom is -0.367 e. The largest absolute Gasteiger partial charge is 0.433 e. The molecule has 0 amide bonds. The maximum atomic E-state index is 12.3. The molecule has 0 fully saturated rings. The van der Waals surface area contributed by atoms with Gasteiger partial charge in [0.1, 0.15) is 5.69 Å². The predicted molar refractivity (Wildman–Crippen MR) is 158 cm³/mol. The molecule has 5 aromatic rings. The molecule has 1 aliphatic rings. The van der Waals surface area contributed by atoms with E-state index in [2.05, 4.69) is 71.2 Å². The van der Waals surface area contributed by atoms with E-state index in [1.807, 2.05) is 41.0 Å². The standard InChI is InChI=1S/C23H28N6.C8H5F3N2/c1-16(2)10-24-22-8-9-28(13-17(22)3)18(4)21-12-26-29-15-19(6-7-23(21)29)20-11-25-27(5)14-20;9-8(10,11)7-3-1-2-6-4-5-12-13(6)7/h6-7,10-12,14-15,24H,4,8-9,13H2,1-3,5H3;1-5H. The Kier molecular flexibility index (Phi) is 7.93. The summed E-state index contributed by atoms with van der Waals surface area (Å²) in [6.07, 6.45) is 7.89. The fourth-order valence-electron chi connectivity index (χ4n) is 4.86. The number of allylic oxidation sites excluding steroid dienone is 1. The fourth-order valence-corrected chi connectivity index (χ4v) is 4.86. The number of alkyl halides is 3. The van der Waals surface area contributed by atoms with Crippen LogP contribution in [0.15, 0.2) is 97.0 Å². The van der Waals surface area contributed by atoms with Crippen LogP contribution in [0.1, 0.15) is 38.4 Å². The van der Waals surface area contributed by atoms with Crippen molar-refractivity contribution in [1.29, 1.82) is 0 Å². The molecule has 218 valence electrons. The molecule has 5 aromatic heterocycles. The van der Waals surface area contributed by atoms with Crippen molar-refractivity contribution in [2.24, 2.45) is 7.05 Å². The van der Waals surface area contributed by atoms with Crippen molar-refractivity contribution in [2.45, 2.75) is 33.4 Å². The summed E-state index contributed by atoms with van der Waals surface area (Å²) in [6.45, 7) is 12.6. The highest BCUT2D eigenvalue weighted by molar-refractivity contribution is 5.77. The van der Waals surface area contributed by atoms with E-state index in [1.54, 1.807) is 6.07 Å². The summed E-state index contributed by atoms with van der Waals surface area (Å²) in [5.41, 5.74) is 8.97. The van der Waals surface area contributed by atoms with Crippen LogP contribution in [0.5, 0.6) is 0 Å². The molecular formula is C31H33F3N8. The number of halogens is 3. The van der Waals surface area contributed by atoms with E-state index in [-0.39, 0.29) is 0 Å². The summed E-state index contributed by atoms with van der Waals surface area (Å²) >= 11 is 0. The molecule has 0 atom stereocenters. The van der Waals surface area contributed by atoms with Crippen LogP contribution in [0, 0.1) is 0 Å². The van der Waals surface area contributed by atoms with Gasteiger partial charge in [-0.05, 0) is 56.8 Å². The van der Waals surface area contributed by atoms with Crippen LogP contribution in [0.4, 0.5) is 13.2 Å². The lowest BCUT2D eigenvalue weighted by Crippen LogP contribution is -2.32. The van der Waals surface area contributed by atoms with Gasteiger partial charge in [-0.25, -0.2) is 9.03 Å². The van der Waals surface area contributed by atoms with Gasteiger partial charge in [0.15, 0.2) is 0 Å². The molecule has 8 nitrogen and oxygen atoms in total. The number of aromatic nitrogens is 6. The van der Waals surface area contributed by atoms with Gasteiger partial charge in [-0.1, -0.05) is 24.3 Å². The third kappa shape index (κ3) is 6.09. The molecule has 0 bridgehead atoms. The van der Waals surface area contributed by atoms with Gasteiger partial charge in [0.05, 0.1) is 23.4 Å². The molecule has 6 heterocycles. The van der Waals surface area contributed by atoms with Crippen LogP contribution in [0.25, 0.3) is 27.9 Å². The number of rotatable bonds is 5. The van der Waals surface area contributed by atoms with E-state index in [9.17, 15) is 13.2 Å². The van der Waals surface area contributed by atoms with Crippen LogP contribution >= 0.6 is 0 Å². The lowest BCUT2D eigenvalue weighted by atomic mass is 10.0. The Morgan fingerprint density at radius 3 is 2.50 bits per heavy atom. The van der Waals surface area contributed by atoms with Gasteiger partial charge in [-0.3, -0.25) is 4.68 Å². The molecule has 0 aromatic carbocycles. The van der Waals surface area contributed by atoms with Crippen molar-refractivity contribution >= 4 is 16.7 Å². The topological polar surface area (TPSA) is 67.7 Å². The minimum atomic E-state index is -4.36. The van der Waals surface area contributed by atoms with Crippen molar-refractivity contribution in [3.8, 4) is 11.1 Å². The number of pyridine rings is 2. The third-order valence-corrected chi connectivity index (χ3v) is 7.07. The maximum absolute atomic E-state index is 12.3. The summed E-state index contributed by atoms with van der Waals surface area (Å²) in [4.78, 5) is 2.34. The first-order valence-electron chi connectivity index (χ1n) is 13.5. The molecule has 0 aliphatic carbocycles. The summed E-state index contributed by atoms with van der Waals surface area (Å²) < 4.78 is 41.6. The normalized spacial score (nSPS) is 13.7. The molecule has 0 unspecified atom stereocenters. The molecule has 1 N–H and O–H groups in total. The lowest BCUT2D eigenvalue weighted by molar-refractivity contribution is -0.142. The van der Waals surface area contributed by atoms with Gasteiger partial charge < -0.3 is 10.2 Å². The molecule has 6 rings (SSSR count). The Morgan fingerprint density at radius 2 is 1.81 bits per heavy atom. The van der Waals surface area contributed by atoms with Crippen molar-refractivity contribution in [3.05, 3.63) is 108 Å². The highest BCUT2D eigenvalue weighted by Crippen LogP contribution is 2.30. The number of aryl methyl sites for hydroxylation is 1. The molecule has 0 saturated carbocycles. The third-order valence-electron chi connectivity index (χ3n) is 7.07. The van der Waals surface area contributed by atoms with E-state index >= 15 is 0 Å². The summed E-state index contributed by atoms with van der Waals surface area (Å²) in [6, 6.07) is 9.69. The van der Waals surface area contributed by atoms with E-state index in [1.165, 1.54) is 35.2 Å². The molecule has 11 heteroatoms. The average molecular weight is 575 g/mol. The monoisotopic (exact) mass is 574 g/mol. The van der Waals surface area contributed by atoms with E-state index < -0.39 is 11.9 Å². The van der Waals surface area contributed by atoms with Gasteiger partial charge in [-0.15, -0.1) is 0 Å². The highest BCUT2D eigenvalue weighted by atomic mass is 19.4. The van der Waals surface area contributed by atoms with Crippen LogP contribution in [-0.2, 0) is 13.2 Å². The summed E-state index contributed by atoms with van der Waals surface area (Å²) in [5.74, 6) is 0. The van der Waals surface area contributed by atoms with Crippen LogP contribution in [0.3, 0.4) is 0 Å². The minimum absolute atomic E-state index is 0.440. The molecule has 0 spiro atoms. The van der Waals surface area contributed by atoms with Crippen molar-refractivity contribution in [2.75, 3.05) is 13.1 Å². The number of hydrogen-bond donors (Lipinski definition) is 1. The van der Waals surface area contributed by atoms with Crippen molar-refractivity contribution in [1.82, 2.24) is 39.2 Å². The molecule has 42 heavy (non-hydrogen) atoms. The van der Waals surface area contributed by atoms with Crippen molar-refractivity contribution in [3.63, 3.8) is 0 Å². The lowest BCUT2D eigenvalue weighted by Gasteiger charge is -2.32. The second-order valence-corrected chi connectivity index (χ2v) is 10.5. The Bertz CT molecular complexity index is 1800. The summed E-state index contributed by atoms with van der Waals surface area (Å²) in [5, 5.41) is 15.9. The second-order valence-electron chi connectivity index (χ2n) is 10.5. The van der Waals surface area contributed by atoms with Gasteiger partial charge in [0.25, 0.3) is 0 Å². The zero-order chi connectivity index (χ0) is 30.0. The highest BCUT2D eigenvalue weighted by Gasteiger charge is 2.33. The zero-order valence-corrected chi connectivity index (χ0v) is 24.0. The SMILES string of the molecule is C=C(c1cnn2cc(-c3cnn(C)c3)ccc12)N1CCC(NC=C(C)C)=C(C)C1.FC(F)(F)c1cccc2ccnn12. The Labute approximate surface area is 242 Å². The number of nitrogens with zero attached hydrogens (tertiary/aromatic N) is 7. The predicted octanol–water partition coefficient (Wildman–Crippen LogP) is 6.55. The Balaban J connectivity index is 0.000000226. The van der Waals surface area contributed by atoms with E-state index in [0.29, 0.717) is 5.52 Å². The first kappa shape index (κ1) is 28.7. The zero-order valence-electron chi connectivity index (χ0n) is 24.0. The molecule has 1 aliphatic heterocycles. The maximum Gasteiger partial charge on any atom is 0.433 e. The van der Waals surface area contributed by atoms with Gasteiger partial charge in [0.2, 0.25) is 0 Å². The molecular weight excluding hydrogens is 541 g/mol. The van der Waals surface area contributed by atoms with Crippen LogP contribution in [0.2, 0.25) is 0 Å². The smallest absolute Gasteiger partial charge is 0.367 e. The second kappa shape index (κ2) is 11.6. The molecule has 0 saturated heterocycles. The van der Waals surface area contributed by atoms with Gasteiger partial charge in [0, 0.05) is 73.2 Å². The fraction of sp³-hybridized carbons (Fsp3) is 0.258. The Morgan fingerprint density at radius 1 is 1.00 bits per heavy atom. The van der Waals surface area contributed by atoms with Crippen LogP contribution < -0.4 is 5.32 Å². The Hall–Kier alpha value is -4.80. The average Bonchev–Trinajstić information content (AvgIpc) is 3.70. The van der Waals surface area contributed by atoms with E-state index in [4.69, 9.17) is 0 Å². The first-order valence-corrected chi connectivity index (χ1v) is 13.5. The van der Waals surface area contributed by atoms with Gasteiger partial charge >= 0.3 is 6.18 Å². The number of nitrogens with one attached hydrogen (secondary N) is 1. The first-order chi connectivity index (χ1) is 20.0. The van der Waals surface area contributed by atoms with Crippen LogP contribution in [-0.4, -0.2) is 47.0 Å². The summed E-state index contributed by atoms with van der Waals surface area (Å²) in [7, 11) is 1.92. The van der Waals surface area contributed by atoms with E-state index in [0.717, 1.165) is 58.0 Å². The van der Waals surface area contributed by atoms with Gasteiger partial charge in [-0.2, -0.15) is 28.5 Å². The number of fused-ring (bicyclic) bond motifs is 2. The quantitative estimate of drug-likeness (QED) is 0.258. The van der Waals surface area contributed by atoms with Crippen molar-refractivity contribution < 1.29 is 13.2 Å². The number of hydrogen-bond acceptors (Lipinski definition) is 5. The molecule has 0 radical (unpaired) electrons.